The lowest BCUT2D eigenvalue weighted by atomic mass is 9.82. The van der Waals surface area contributed by atoms with Gasteiger partial charge in [0.05, 0.1) is 30.8 Å². The number of likely N-dealkylation sites (N-methyl/N-ethyl adjacent to an activating group) is 1. The minimum atomic E-state index is -1.55. The number of carbonyl (C=O) groups excluding carboxylic acids is 5. The highest BCUT2D eigenvalue weighted by Gasteiger charge is 2.54. The second-order valence-electron chi connectivity index (χ2n) is 16.0. The molecule has 0 aromatic heterocycles. The van der Waals surface area contributed by atoms with Crippen molar-refractivity contribution >= 4 is 36.1 Å². The van der Waals surface area contributed by atoms with Crippen LogP contribution in [0, 0.1) is 11.8 Å². The van der Waals surface area contributed by atoms with E-state index in [1.807, 2.05) is 0 Å². The van der Waals surface area contributed by atoms with E-state index in [0.717, 1.165) is 6.92 Å². The van der Waals surface area contributed by atoms with Gasteiger partial charge < -0.3 is 67.2 Å². The number of hydrogen-bond donors (Lipinski definition) is 2. The van der Waals surface area contributed by atoms with Crippen LogP contribution in [-0.4, -0.2) is 172 Å². The third-order valence-electron chi connectivity index (χ3n) is 10.9. The number of carboxylic acids is 1. The first-order chi connectivity index (χ1) is 28.6. The van der Waals surface area contributed by atoms with Crippen molar-refractivity contribution in [2.24, 2.45) is 11.8 Å². The smallest absolute Gasteiger partial charge is 0.307 e. The highest BCUT2D eigenvalue weighted by molar-refractivity contribution is 5.71. The van der Waals surface area contributed by atoms with Gasteiger partial charge in [-0.2, -0.15) is 0 Å². The number of esters is 4. The molecule has 2 aliphatic rings. The van der Waals surface area contributed by atoms with Gasteiger partial charge in [0.15, 0.2) is 43.5 Å². The molecular formula is C41H69NO19. The Morgan fingerprint density at radius 1 is 0.852 bits per heavy atom. The summed E-state index contributed by atoms with van der Waals surface area (Å²) in [6, 6.07) is -0.835. The molecule has 0 radical (unpaired) electrons. The highest BCUT2D eigenvalue weighted by atomic mass is 16.7. The van der Waals surface area contributed by atoms with Gasteiger partial charge in [-0.25, -0.2) is 0 Å². The monoisotopic (exact) mass is 879 g/mol. The maximum Gasteiger partial charge on any atom is 0.307 e. The first-order valence-corrected chi connectivity index (χ1v) is 20.6. The van der Waals surface area contributed by atoms with E-state index in [9.17, 15) is 39.0 Å². The number of ether oxygens (including phenoxy) is 11. The summed E-state index contributed by atoms with van der Waals surface area (Å²) in [5, 5.41) is 21.4. The fourth-order valence-corrected chi connectivity index (χ4v) is 7.96. The minimum absolute atomic E-state index is 0.0179. The minimum Gasteiger partial charge on any atom is -0.481 e. The van der Waals surface area contributed by atoms with Crippen LogP contribution in [0.2, 0.25) is 0 Å². The lowest BCUT2D eigenvalue weighted by Crippen LogP contribution is -2.66. The Morgan fingerprint density at radius 3 is 1.95 bits per heavy atom. The lowest BCUT2D eigenvalue weighted by Gasteiger charge is -2.51. The number of aliphatic hydroxyl groups is 1. The molecule has 352 valence electrons. The fourth-order valence-electron chi connectivity index (χ4n) is 7.96. The fraction of sp³-hybridized carbons (Fsp3) is 0.854. The van der Waals surface area contributed by atoms with Crippen molar-refractivity contribution in [2.75, 3.05) is 35.4 Å². The Hall–Kier alpha value is -3.34. The number of aldehydes is 1. The molecule has 0 saturated carbocycles. The molecule has 0 aromatic carbocycles. The van der Waals surface area contributed by atoms with E-state index in [4.69, 9.17) is 52.1 Å². The summed E-state index contributed by atoms with van der Waals surface area (Å²) in [6.07, 6.45) is -13.7. The molecule has 0 aromatic rings. The van der Waals surface area contributed by atoms with Crippen LogP contribution >= 0.6 is 0 Å². The molecule has 20 nitrogen and oxygen atoms in total. The molecule has 0 bridgehead atoms. The van der Waals surface area contributed by atoms with Crippen LogP contribution in [0.5, 0.6) is 0 Å². The van der Waals surface area contributed by atoms with Gasteiger partial charge in [0.25, 0.3) is 0 Å². The SMILES string of the molecule is CCC(=O)O[C@H](CC(=O)O)[C@H](OC)[C@@H](O[C@@H]1OC(C)[C@H](O[C@H]2CC(C)(O)[C@@H](OC(=O)CC)C(C)O2)C(N(C)C)C1OC(C)=O)[C@@H](CC(OC)OC)C[C@@H](C)[C@H](C=O)OC(C)=O. The highest BCUT2D eigenvalue weighted by Crippen LogP contribution is 2.39. The number of rotatable bonds is 25. The molecule has 20 heteroatoms. The summed E-state index contributed by atoms with van der Waals surface area (Å²) in [5.41, 5.74) is -1.55. The molecular weight excluding hydrogens is 810 g/mol. The molecule has 15 atom stereocenters. The van der Waals surface area contributed by atoms with E-state index in [1.54, 1.807) is 46.7 Å². The number of hydrogen-bond acceptors (Lipinski definition) is 19. The predicted octanol–water partition coefficient (Wildman–Crippen LogP) is 2.16. The molecule has 0 spiro atoms. The summed E-state index contributed by atoms with van der Waals surface area (Å²) < 4.78 is 65.6. The number of nitrogens with zero attached hydrogens (tertiary/aromatic N) is 1. The van der Waals surface area contributed by atoms with E-state index in [0.29, 0.717) is 6.29 Å². The van der Waals surface area contributed by atoms with Crippen molar-refractivity contribution in [1.29, 1.82) is 0 Å². The van der Waals surface area contributed by atoms with E-state index in [2.05, 4.69) is 0 Å². The summed E-state index contributed by atoms with van der Waals surface area (Å²) >= 11 is 0. The lowest BCUT2D eigenvalue weighted by molar-refractivity contribution is -0.345. The second kappa shape index (κ2) is 25.1. The Kier molecular flexibility index (Phi) is 22.1. The molecule has 61 heavy (non-hydrogen) atoms. The normalized spacial score (nSPS) is 29.7. The van der Waals surface area contributed by atoms with E-state index < -0.39 is 134 Å². The standard InChI is InChI=1S/C41H69NO19/c1-14-30(48)58-27(18-29(46)47)37(53-13)36(26(17-32(51-11)52-12)16-21(3)28(20-43)56-24(6)44)61-40-38(57-25(7)45)34(42(9)10)35(22(4)55-40)60-33-19-41(8,50)39(23(5)54-33)59-31(49)15-2/h20-23,26-28,32-40,50H,14-19H2,1-13H3,(H,46,47)/t21-,22?,23?,26-,27-,28+,33+,34?,35+,36+,37+,38?,39+,40+,41?/m1/s1. The quantitative estimate of drug-likeness (QED) is 0.0577. The third-order valence-corrected chi connectivity index (χ3v) is 10.9. The van der Waals surface area contributed by atoms with E-state index in [-0.39, 0.29) is 32.1 Å². The van der Waals surface area contributed by atoms with Crippen LogP contribution in [-0.2, 0) is 80.9 Å². The summed E-state index contributed by atoms with van der Waals surface area (Å²) in [4.78, 5) is 76.0. The first-order valence-electron chi connectivity index (χ1n) is 20.6. The summed E-state index contributed by atoms with van der Waals surface area (Å²) in [6.45, 7) is 12.1. The van der Waals surface area contributed by atoms with Crippen LogP contribution in [0.25, 0.3) is 0 Å². The topological polar surface area (TPSA) is 248 Å². The van der Waals surface area contributed by atoms with Gasteiger partial charge in [0, 0.05) is 66.8 Å². The maximum absolute atomic E-state index is 12.9. The number of carboxylic acid groups (broad SMARTS) is 1. The first kappa shape index (κ1) is 53.8. The number of aliphatic carboxylic acids is 1. The van der Waals surface area contributed by atoms with Crippen molar-refractivity contribution in [3.8, 4) is 0 Å². The average molecular weight is 880 g/mol. The zero-order chi connectivity index (χ0) is 46.4. The molecule has 5 unspecified atom stereocenters. The van der Waals surface area contributed by atoms with Crippen molar-refractivity contribution in [2.45, 2.75) is 179 Å². The number of carbonyl (C=O) groups is 6. The van der Waals surface area contributed by atoms with Gasteiger partial charge in [0.1, 0.15) is 23.9 Å². The average Bonchev–Trinajstić information content (AvgIpc) is 3.17. The molecule has 0 aliphatic carbocycles. The van der Waals surface area contributed by atoms with Gasteiger partial charge in [-0.3, -0.25) is 28.8 Å². The molecule has 2 heterocycles. The zero-order valence-electron chi connectivity index (χ0n) is 37.8. The Bertz CT molecular complexity index is 1420. The van der Waals surface area contributed by atoms with Gasteiger partial charge in [-0.1, -0.05) is 20.8 Å². The Labute approximate surface area is 358 Å². The second-order valence-corrected chi connectivity index (χ2v) is 16.0. The Morgan fingerprint density at radius 2 is 1.48 bits per heavy atom. The van der Waals surface area contributed by atoms with E-state index >= 15 is 0 Å². The van der Waals surface area contributed by atoms with Crippen molar-refractivity contribution in [1.82, 2.24) is 4.90 Å². The van der Waals surface area contributed by atoms with Gasteiger partial charge in [-0.15, -0.1) is 0 Å². The van der Waals surface area contributed by atoms with Gasteiger partial charge in [-0.05, 0) is 47.2 Å². The van der Waals surface area contributed by atoms with Crippen LogP contribution < -0.4 is 0 Å². The van der Waals surface area contributed by atoms with E-state index in [1.165, 1.54) is 42.1 Å². The molecule has 2 aliphatic heterocycles. The van der Waals surface area contributed by atoms with Gasteiger partial charge in [0.2, 0.25) is 0 Å². The Balaban J connectivity index is 2.77. The molecule has 2 saturated heterocycles. The molecule has 2 fully saturated rings. The van der Waals surface area contributed by atoms with Gasteiger partial charge >= 0.3 is 29.8 Å². The molecule has 0 amide bonds. The molecule has 2 N–H and O–H groups in total. The number of methoxy groups -OCH3 is 3. The third kappa shape index (κ3) is 15.8. The maximum atomic E-state index is 12.9. The summed E-state index contributed by atoms with van der Waals surface area (Å²) in [5.74, 6) is -5.45. The van der Waals surface area contributed by atoms with Crippen LogP contribution in [0.1, 0.15) is 93.9 Å². The van der Waals surface area contributed by atoms with Crippen LogP contribution in [0.15, 0.2) is 0 Å². The predicted molar refractivity (Wildman–Crippen MR) is 211 cm³/mol. The zero-order valence-corrected chi connectivity index (χ0v) is 37.8. The largest absolute Gasteiger partial charge is 0.481 e. The summed E-state index contributed by atoms with van der Waals surface area (Å²) in [7, 11) is 7.52. The van der Waals surface area contributed by atoms with Crippen molar-refractivity contribution in [3.63, 3.8) is 0 Å². The van der Waals surface area contributed by atoms with Crippen LogP contribution in [0.4, 0.5) is 0 Å². The molecule has 2 rings (SSSR count). The van der Waals surface area contributed by atoms with Crippen molar-refractivity contribution in [3.05, 3.63) is 0 Å². The van der Waals surface area contributed by atoms with Crippen LogP contribution in [0.3, 0.4) is 0 Å². The van der Waals surface area contributed by atoms with Crippen molar-refractivity contribution < 1.29 is 91.1 Å².